The number of nitrogens with zero attached hydrogens (tertiary/aromatic N) is 4. The summed E-state index contributed by atoms with van der Waals surface area (Å²) in [6, 6.07) is 0. The molecule has 5 N–H and O–H groups in total. The SMILES string of the molecule is Nc1ncnc2c1ncn2[C@@H]1O[C@H](CO)[C@@H](O)[C@H]1O.[CaH2]. The van der Waals surface area contributed by atoms with Crippen molar-refractivity contribution in [2.45, 2.75) is 24.5 Å². The molecule has 0 aliphatic carbocycles. The van der Waals surface area contributed by atoms with Crippen molar-refractivity contribution in [1.29, 1.82) is 0 Å². The normalized spacial score (nSPS) is 29.6. The minimum absolute atomic E-state index is 0. The number of anilines is 1. The summed E-state index contributed by atoms with van der Waals surface area (Å²) in [6.45, 7) is -0.390. The fourth-order valence-corrected chi connectivity index (χ4v) is 2.17. The first-order chi connectivity index (χ1) is 9.13. The van der Waals surface area contributed by atoms with E-state index < -0.39 is 31.1 Å². The predicted molar refractivity (Wildman–Crippen MR) is 71.3 cm³/mol. The second-order valence-corrected chi connectivity index (χ2v) is 4.31. The molecule has 0 bridgehead atoms. The Bertz CT molecular complexity index is 608. The van der Waals surface area contributed by atoms with Crippen molar-refractivity contribution in [2.24, 2.45) is 0 Å². The molecular formula is C10H15CaN5O4. The molecule has 10 heteroatoms. The molecule has 0 unspecified atom stereocenters. The van der Waals surface area contributed by atoms with Crippen LogP contribution in [0.2, 0.25) is 0 Å². The van der Waals surface area contributed by atoms with Crippen molar-refractivity contribution in [1.82, 2.24) is 19.5 Å². The van der Waals surface area contributed by atoms with Gasteiger partial charge in [-0.1, -0.05) is 0 Å². The van der Waals surface area contributed by atoms with E-state index in [0.29, 0.717) is 11.2 Å². The van der Waals surface area contributed by atoms with E-state index in [2.05, 4.69) is 15.0 Å². The molecule has 3 rings (SSSR count). The van der Waals surface area contributed by atoms with E-state index in [4.69, 9.17) is 15.6 Å². The Morgan fingerprint density at radius 2 is 2.00 bits per heavy atom. The summed E-state index contributed by atoms with van der Waals surface area (Å²) in [7, 11) is 0. The number of hydrogen-bond acceptors (Lipinski definition) is 8. The first kappa shape index (κ1) is 15.8. The van der Waals surface area contributed by atoms with Gasteiger partial charge in [-0.3, -0.25) is 4.57 Å². The van der Waals surface area contributed by atoms with Gasteiger partial charge in [-0.2, -0.15) is 0 Å². The van der Waals surface area contributed by atoms with E-state index in [0.717, 1.165) is 0 Å². The molecule has 1 saturated heterocycles. The fraction of sp³-hybridized carbons (Fsp3) is 0.500. The van der Waals surface area contributed by atoms with Gasteiger partial charge in [-0.25, -0.2) is 15.0 Å². The third kappa shape index (κ3) is 2.39. The second kappa shape index (κ2) is 6.06. The van der Waals surface area contributed by atoms with Crippen LogP contribution in [0.1, 0.15) is 6.23 Å². The van der Waals surface area contributed by atoms with E-state index in [1.165, 1.54) is 17.2 Å². The van der Waals surface area contributed by atoms with Gasteiger partial charge >= 0.3 is 37.7 Å². The number of nitrogens with two attached hydrogens (primary N) is 1. The van der Waals surface area contributed by atoms with Crippen LogP contribution in [-0.4, -0.2) is 97.5 Å². The third-order valence-electron chi connectivity index (χ3n) is 3.18. The van der Waals surface area contributed by atoms with Crippen LogP contribution in [0.15, 0.2) is 12.7 Å². The van der Waals surface area contributed by atoms with Crippen LogP contribution in [0.25, 0.3) is 11.2 Å². The number of rotatable bonds is 2. The molecule has 9 nitrogen and oxygen atoms in total. The Labute approximate surface area is 143 Å². The van der Waals surface area contributed by atoms with Gasteiger partial charge in [0.1, 0.15) is 30.2 Å². The molecule has 1 aliphatic heterocycles. The molecule has 1 fully saturated rings. The van der Waals surface area contributed by atoms with Crippen molar-refractivity contribution in [3.05, 3.63) is 12.7 Å². The van der Waals surface area contributed by atoms with Gasteiger partial charge in [0.05, 0.1) is 12.9 Å². The first-order valence-electron chi connectivity index (χ1n) is 5.69. The number of aliphatic hydroxyl groups excluding tert-OH is 3. The fourth-order valence-electron chi connectivity index (χ4n) is 2.17. The molecular weight excluding hydrogens is 294 g/mol. The summed E-state index contributed by atoms with van der Waals surface area (Å²) >= 11 is 0. The van der Waals surface area contributed by atoms with Crippen molar-refractivity contribution < 1.29 is 20.1 Å². The zero-order valence-corrected chi connectivity index (χ0v) is 9.79. The number of hydrogen-bond donors (Lipinski definition) is 4. The molecule has 4 atom stereocenters. The monoisotopic (exact) mass is 309 g/mol. The standard InChI is InChI=1S/C10H13N5O4.Ca.2H/c11-8-5-9(13-2-12-8)15(3-14-5)10-7(18)6(17)4(1-16)19-10;;;/h2-4,6-7,10,16-18H,1H2,(H2,11,12,13);;;/t4-,6-,7-,10-;;;/m1.../s1. The molecule has 0 saturated carbocycles. The molecule has 0 amide bonds. The quantitative estimate of drug-likeness (QED) is 0.433. The average molecular weight is 309 g/mol. The Balaban J connectivity index is 0.00000147. The summed E-state index contributed by atoms with van der Waals surface area (Å²) < 4.78 is 6.85. The average Bonchev–Trinajstić information content (AvgIpc) is 2.94. The topological polar surface area (TPSA) is 140 Å². The number of aromatic nitrogens is 4. The van der Waals surface area contributed by atoms with Crippen LogP contribution in [0.3, 0.4) is 0 Å². The maximum atomic E-state index is 9.95. The first-order valence-corrected chi connectivity index (χ1v) is 5.69. The molecule has 2 aromatic rings. The van der Waals surface area contributed by atoms with E-state index in [1.807, 2.05) is 0 Å². The van der Waals surface area contributed by atoms with Crippen LogP contribution in [0.5, 0.6) is 0 Å². The summed E-state index contributed by atoms with van der Waals surface area (Å²) in [6.07, 6.45) is -1.42. The van der Waals surface area contributed by atoms with E-state index >= 15 is 0 Å². The molecule has 106 valence electrons. The predicted octanol–water partition coefficient (Wildman–Crippen LogP) is -2.90. The van der Waals surface area contributed by atoms with Crippen molar-refractivity contribution >= 4 is 54.7 Å². The van der Waals surface area contributed by atoms with Crippen molar-refractivity contribution in [3.8, 4) is 0 Å². The van der Waals surface area contributed by atoms with Gasteiger partial charge in [0.15, 0.2) is 17.7 Å². The van der Waals surface area contributed by atoms with E-state index in [1.54, 1.807) is 0 Å². The van der Waals surface area contributed by atoms with Gasteiger partial charge in [0, 0.05) is 0 Å². The number of imidazole rings is 1. The van der Waals surface area contributed by atoms with Crippen molar-refractivity contribution in [3.63, 3.8) is 0 Å². The summed E-state index contributed by atoms with van der Waals surface area (Å²) in [4.78, 5) is 11.9. The number of ether oxygens (including phenoxy) is 1. The summed E-state index contributed by atoms with van der Waals surface area (Å²) in [5, 5.41) is 28.7. The van der Waals surface area contributed by atoms with Gasteiger partial charge in [0.2, 0.25) is 0 Å². The van der Waals surface area contributed by atoms with Crippen LogP contribution < -0.4 is 5.73 Å². The van der Waals surface area contributed by atoms with Crippen molar-refractivity contribution in [2.75, 3.05) is 12.3 Å². The van der Waals surface area contributed by atoms with Crippen LogP contribution in [-0.2, 0) is 4.74 Å². The molecule has 0 aromatic carbocycles. The van der Waals surface area contributed by atoms with Gasteiger partial charge in [0.25, 0.3) is 0 Å². The Morgan fingerprint density at radius 3 is 2.65 bits per heavy atom. The minimum atomic E-state index is -1.19. The third-order valence-corrected chi connectivity index (χ3v) is 3.18. The molecule has 20 heavy (non-hydrogen) atoms. The van der Waals surface area contributed by atoms with E-state index in [-0.39, 0.29) is 43.6 Å². The molecule has 1 aliphatic rings. The van der Waals surface area contributed by atoms with E-state index in [9.17, 15) is 10.2 Å². The molecule has 3 heterocycles. The summed E-state index contributed by atoms with van der Waals surface area (Å²) in [5.41, 5.74) is 6.44. The summed E-state index contributed by atoms with van der Waals surface area (Å²) in [5.74, 6) is 0.218. The zero-order chi connectivity index (χ0) is 13.6. The van der Waals surface area contributed by atoms with Crippen LogP contribution in [0.4, 0.5) is 5.82 Å². The van der Waals surface area contributed by atoms with Gasteiger partial charge in [-0.05, 0) is 0 Å². The number of nitrogen functional groups attached to an aromatic ring is 1. The second-order valence-electron chi connectivity index (χ2n) is 4.31. The van der Waals surface area contributed by atoms with Gasteiger partial charge in [-0.15, -0.1) is 0 Å². The molecule has 0 spiro atoms. The Morgan fingerprint density at radius 1 is 1.25 bits per heavy atom. The Kier molecular flexibility index (Phi) is 4.80. The molecule has 0 radical (unpaired) electrons. The van der Waals surface area contributed by atoms with Crippen LogP contribution in [0, 0.1) is 0 Å². The maximum absolute atomic E-state index is 9.95. The van der Waals surface area contributed by atoms with Crippen LogP contribution >= 0.6 is 0 Å². The Hall–Kier alpha value is -0.550. The van der Waals surface area contributed by atoms with Gasteiger partial charge < -0.3 is 25.8 Å². The molecule has 2 aromatic heterocycles. The number of fused-ring (bicyclic) bond motifs is 1. The number of aliphatic hydroxyl groups is 3. The zero-order valence-electron chi connectivity index (χ0n) is 9.79.